The van der Waals surface area contributed by atoms with E-state index in [0.29, 0.717) is 41.5 Å². The molecular formula is C27H30F2N6O2S. The molecule has 1 aromatic carbocycles. The van der Waals surface area contributed by atoms with Crippen molar-refractivity contribution in [1.29, 1.82) is 0 Å². The number of imidazole rings is 1. The highest BCUT2D eigenvalue weighted by Crippen LogP contribution is 2.59. The van der Waals surface area contributed by atoms with E-state index in [2.05, 4.69) is 19.6 Å². The Morgan fingerprint density at radius 1 is 1.03 bits per heavy atom. The number of rotatable bonds is 6. The fourth-order valence-electron chi connectivity index (χ4n) is 6.20. The number of benzene rings is 1. The van der Waals surface area contributed by atoms with Gasteiger partial charge in [-0.1, -0.05) is 6.07 Å². The summed E-state index contributed by atoms with van der Waals surface area (Å²) < 4.78 is 53.7. The summed E-state index contributed by atoms with van der Waals surface area (Å²) in [5.74, 6) is -2.28. The lowest BCUT2D eigenvalue weighted by atomic mass is 9.93. The van der Waals surface area contributed by atoms with Crippen molar-refractivity contribution < 1.29 is 17.2 Å². The lowest BCUT2D eigenvalue weighted by Crippen LogP contribution is -2.34. The number of hydrogen-bond acceptors (Lipinski definition) is 6. The van der Waals surface area contributed by atoms with Gasteiger partial charge >= 0.3 is 0 Å². The van der Waals surface area contributed by atoms with Gasteiger partial charge in [0, 0.05) is 37.4 Å². The average Bonchev–Trinajstić information content (AvgIpc) is 3.50. The van der Waals surface area contributed by atoms with Crippen LogP contribution in [0.5, 0.6) is 0 Å². The molecule has 2 saturated carbocycles. The van der Waals surface area contributed by atoms with E-state index in [4.69, 9.17) is 4.98 Å². The minimum Gasteiger partial charge on any atom is -0.371 e. The summed E-state index contributed by atoms with van der Waals surface area (Å²) in [7, 11) is -3.41. The summed E-state index contributed by atoms with van der Waals surface area (Å²) in [6, 6.07) is 11.2. The second-order valence-corrected chi connectivity index (χ2v) is 13.2. The van der Waals surface area contributed by atoms with Gasteiger partial charge in [0.1, 0.15) is 11.6 Å². The normalized spacial score (nSPS) is 24.9. The number of halogens is 2. The number of piperidine rings is 2. The first-order valence-electron chi connectivity index (χ1n) is 13.1. The van der Waals surface area contributed by atoms with Crippen LogP contribution in [0.1, 0.15) is 25.7 Å². The molecule has 2 saturated heterocycles. The van der Waals surface area contributed by atoms with Crippen LogP contribution < -0.4 is 14.5 Å². The topological polar surface area (TPSA) is 94.2 Å². The molecule has 11 heteroatoms. The Morgan fingerprint density at radius 2 is 1.76 bits per heavy atom. The molecule has 4 aliphatic rings. The van der Waals surface area contributed by atoms with Gasteiger partial charge in [0.2, 0.25) is 10.0 Å². The Balaban J connectivity index is 1.17. The van der Waals surface area contributed by atoms with E-state index in [1.54, 1.807) is 12.3 Å². The molecule has 2 atom stereocenters. The minimum atomic E-state index is -3.41. The number of aromatic amines is 1. The summed E-state index contributed by atoms with van der Waals surface area (Å²) in [4.78, 5) is 17.0. The number of alkyl halides is 2. The molecule has 8 nitrogen and oxygen atoms in total. The van der Waals surface area contributed by atoms with Crippen LogP contribution in [0, 0.1) is 17.3 Å². The molecule has 2 aliphatic carbocycles. The standard InChI is InChI=1S/C27H30F2N6O2S/c1-38(36,37)33-17-5-6-18(23(13-17)34-11-9-26(7-8-26)10-12-34)25-30-14-22(32-25)21-3-2-4-24(31-21)35-15-19-20(16-35)27(19,28)29/h2-6,13-14,19-20,33H,7-12,15-16H2,1H3,(H,30,32). The van der Waals surface area contributed by atoms with Crippen molar-refractivity contribution >= 4 is 27.2 Å². The van der Waals surface area contributed by atoms with E-state index < -0.39 is 27.8 Å². The maximum Gasteiger partial charge on any atom is 0.258 e. The molecule has 2 aliphatic heterocycles. The monoisotopic (exact) mass is 540 g/mol. The number of aromatic nitrogens is 3. The zero-order chi connectivity index (χ0) is 26.3. The smallest absolute Gasteiger partial charge is 0.258 e. The zero-order valence-electron chi connectivity index (χ0n) is 21.1. The second-order valence-electron chi connectivity index (χ2n) is 11.4. The predicted octanol–water partition coefficient (Wildman–Crippen LogP) is 4.59. The summed E-state index contributed by atoms with van der Waals surface area (Å²) in [6.45, 7) is 2.50. The average molecular weight is 541 g/mol. The molecule has 0 radical (unpaired) electrons. The fourth-order valence-corrected chi connectivity index (χ4v) is 6.76. The Morgan fingerprint density at radius 3 is 2.45 bits per heavy atom. The number of nitrogens with one attached hydrogen (secondary N) is 2. The first-order valence-corrected chi connectivity index (χ1v) is 15.0. The van der Waals surface area contributed by atoms with Gasteiger partial charge in [-0.25, -0.2) is 27.2 Å². The number of fused-ring (bicyclic) bond motifs is 1. The zero-order valence-corrected chi connectivity index (χ0v) is 21.9. The van der Waals surface area contributed by atoms with Crippen LogP contribution in [-0.2, 0) is 10.0 Å². The van der Waals surface area contributed by atoms with Crippen molar-refractivity contribution in [2.75, 3.05) is 47.0 Å². The van der Waals surface area contributed by atoms with Crippen molar-refractivity contribution in [3.63, 3.8) is 0 Å². The van der Waals surface area contributed by atoms with Gasteiger partial charge in [-0.15, -0.1) is 0 Å². The number of sulfonamides is 1. The van der Waals surface area contributed by atoms with Crippen molar-refractivity contribution in [2.24, 2.45) is 17.3 Å². The molecule has 0 bridgehead atoms. The summed E-state index contributed by atoms with van der Waals surface area (Å²) in [5.41, 5.74) is 4.29. The van der Waals surface area contributed by atoms with Gasteiger partial charge in [-0.3, -0.25) is 4.72 Å². The van der Waals surface area contributed by atoms with Gasteiger partial charge in [0.15, 0.2) is 0 Å². The number of pyridine rings is 1. The van der Waals surface area contributed by atoms with Crippen LogP contribution in [0.25, 0.3) is 22.8 Å². The molecule has 4 fully saturated rings. The van der Waals surface area contributed by atoms with E-state index in [1.165, 1.54) is 12.8 Å². The first-order chi connectivity index (χ1) is 18.1. The SMILES string of the molecule is CS(=O)(=O)Nc1ccc(-c2ncc(-c3cccc(N4CC5C(C4)C5(F)F)n3)[nH]2)c(N2CCC3(CC2)CC3)c1. The van der Waals surface area contributed by atoms with Crippen LogP contribution in [0.2, 0.25) is 0 Å². The number of anilines is 3. The third-order valence-electron chi connectivity index (χ3n) is 8.79. The van der Waals surface area contributed by atoms with Crippen LogP contribution >= 0.6 is 0 Å². The van der Waals surface area contributed by atoms with E-state index in [1.807, 2.05) is 35.2 Å². The highest BCUT2D eigenvalue weighted by molar-refractivity contribution is 7.92. The van der Waals surface area contributed by atoms with E-state index in [9.17, 15) is 17.2 Å². The maximum atomic E-state index is 13.7. The molecule has 1 spiro atoms. The van der Waals surface area contributed by atoms with Crippen LogP contribution in [0.4, 0.5) is 26.0 Å². The highest BCUT2D eigenvalue weighted by Gasteiger charge is 2.71. The Bertz CT molecular complexity index is 1500. The second kappa shape index (κ2) is 8.14. The molecule has 38 heavy (non-hydrogen) atoms. The Kier molecular flexibility index (Phi) is 5.12. The summed E-state index contributed by atoms with van der Waals surface area (Å²) in [6.07, 6.45) is 7.77. The molecule has 2 N–H and O–H groups in total. The van der Waals surface area contributed by atoms with Crippen LogP contribution in [-0.4, -0.2) is 61.7 Å². The van der Waals surface area contributed by atoms with E-state index in [0.717, 1.165) is 49.1 Å². The minimum absolute atomic E-state index is 0.330. The summed E-state index contributed by atoms with van der Waals surface area (Å²) >= 11 is 0. The lowest BCUT2D eigenvalue weighted by molar-refractivity contribution is 0.0797. The van der Waals surface area contributed by atoms with Crippen LogP contribution in [0.15, 0.2) is 42.6 Å². The molecular weight excluding hydrogens is 510 g/mol. The maximum absolute atomic E-state index is 13.7. The molecule has 4 heterocycles. The quantitative estimate of drug-likeness (QED) is 0.475. The van der Waals surface area contributed by atoms with Crippen LogP contribution in [0.3, 0.4) is 0 Å². The van der Waals surface area contributed by atoms with Gasteiger partial charge in [0.25, 0.3) is 5.92 Å². The lowest BCUT2D eigenvalue weighted by Gasteiger charge is -2.35. The van der Waals surface area contributed by atoms with Crippen molar-refractivity contribution in [2.45, 2.75) is 31.6 Å². The van der Waals surface area contributed by atoms with Gasteiger partial charge < -0.3 is 14.8 Å². The number of hydrogen-bond donors (Lipinski definition) is 2. The third kappa shape index (κ3) is 4.20. The molecule has 7 rings (SSSR count). The Labute approximate surface area is 220 Å². The summed E-state index contributed by atoms with van der Waals surface area (Å²) in [5, 5.41) is 0. The van der Waals surface area contributed by atoms with Gasteiger partial charge in [-0.05, 0) is 61.4 Å². The number of H-pyrrole nitrogens is 1. The predicted molar refractivity (Wildman–Crippen MR) is 143 cm³/mol. The number of nitrogens with zero attached hydrogens (tertiary/aromatic N) is 4. The largest absolute Gasteiger partial charge is 0.371 e. The van der Waals surface area contributed by atoms with E-state index >= 15 is 0 Å². The molecule has 0 amide bonds. The van der Waals surface area contributed by atoms with Gasteiger partial charge in [0.05, 0.1) is 41.4 Å². The van der Waals surface area contributed by atoms with Crippen molar-refractivity contribution in [3.8, 4) is 22.8 Å². The van der Waals surface area contributed by atoms with Crippen molar-refractivity contribution in [1.82, 2.24) is 15.0 Å². The first kappa shape index (κ1) is 23.9. The molecule has 200 valence electrons. The Hall–Kier alpha value is -3.21. The highest BCUT2D eigenvalue weighted by atomic mass is 32.2. The molecule has 2 aromatic heterocycles. The molecule has 2 unspecified atom stereocenters. The van der Waals surface area contributed by atoms with E-state index in [-0.39, 0.29) is 0 Å². The van der Waals surface area contributed by atoms with Gasteiger partial charge in [-0.2, -0.15) is 0 Å². The third-order valence-corrected chi connectivity index (χ3v) is 9.39. The molecule has 3 aromatic rings. The fraction of sp³-hybridized carbons (Fsp3) is 0.481. The van der Waals surface area contributed by atoms with Crippen molar-refractivity contribution in [3.05, 3.63) is 42.6 Å².